The molecule has 1 fully saturated rings. The molecule has 1 aromatic rings. The second-order valence-electron chi connectivity index (χ2n) is 3.28. The second-order valence-corrected chi connectivity index (χ2v) is 3.28. The molecule has 0 spiro atoms. The van der Waals surface area contributed by atoms with Gasteiger partial charge in [0, 0.05) is 17.8 Å². The van der Waals surface area contributed by atoms with Gasteiger partial charge in [-0.3, -0.25) is 4.98 Å². The molecular weight excluding hydrogens is 176 g/mol. The zero-order valence-corrected chi connectivity index (χ0v) is 8.18. The fourth-order valence-corrected chi connectivity index (χ4v) is 1.40. The van der Waals surface area contributed by atoms with Crippen molar-refractivity contribution >= 4 is 0 Å². The highest BCUT2D eigenvalue weighted by Crippen LogP contribution is 2.16. The predicted molar refractivity (Wildman–Crippen MR) is 53.7 cm³/mol. The van der Waals surface area contributed by atoms with Gasteiger partial charge in [0.25, 0.3) is 0 Å². The smallest absolute Gasteiger partial charge is 0.205 e. The average molecular weight is 189 g/mol. The van der Waals surface area contributed by atoms with Crippen molar-refractivity contribution < 1.29 is 4.74 Å². The summed E-state index contributed by atoms with van der Waals surface area (Å²) >= 11 is 0. The lowest BCUT2D eigenvalue weighted by Crippen LogP contribution is -1.99. The molecule has 1 radical (unpaired) electrons. The van der Waals surface area contributed by atoms with Crippen LogP contribution < -0.4 is 5.32 Å². The maximum Gasteiger partial charge on any atom is 0.205 e. The Morgan fingerprint density at radius 1 is 1.50 bits per heavy atom. The van der Waals surface area contributed by atoms with E-state index in [-0.39, 0.29) is 5.92 Å². The molecule has 1 atom stereocenters. The van der Waals surface area contributed by atoms with E-state index in [1.165, 1.54) is 0 Å². The summed E-state index contributed by atoms with van der Waals surface area (Å²) in [7, 11) is 0. The Morgan fingerprint density at radius 3 is 3.07 bits per heavy atom. The Bertz CT molecular complexity index is 313. The maximum absolute atomic E-state index is 5.31. The van der Waals surface area contributed by atoms with Gasteiger partial charge in [0.05, 0.1) is 6.54 Å². The number of hydrogen-bond donors (Lipinski definition) is 0. The SMILES string of the molecule is C[C@H](C=C1[N]CCO1)c1ccccn1. The third kappa shape index (κ3) is 2.05. The van der Waals surface area contributed by atoms with E-state index in [9.17, 15) is 0 Å². The van der Waals surface area contributed by atoms with Crippen molar-refractivity contribution in [1.82, 2.24) is 10.3 Å². The highest BCUT2D eigenvalue weighted by atomic mass is 16.5. The first kappa shape index (κ1) is 9.06. The van der Waals surface area contributed by atoms with Crippen LogP contribution in [-0.4, -0.2) is 18.1 Å². The summed E-state index contributed by atoms with van der Waals surface area (Å²) in [5, 5.41) is 4.21. The molecule has 0 unspecified atom stereocenters. The average Bonchev–Trinajstić information content (AvgIpc) is 2.72. The maximum atomic E-state index is 5.31. The Kier molecular flexibility index (Phi) is 2.68. The van der Waals surface area contributed by atoms with Gasteiger partial charge in [-0.05, 0) is 18.2 Å². The van der Waals surface area contributed by atoms with Gasteiger partial charge in [-0.2, -0.15) is 0 Å². The highest BCUT2D eigenvalue weighted by molar-refractivity contribution is 5.15. The van der Waals surface area contributed by atoms with E-state index in [1.54, 1.807) is 6.20 Å². The van der Waals surface area contributed by atoms with Gasteiger partial charge in [-0.25, -0.2) is 5.32 Å². The summed E-state index contributed by atoms with van der Waals surface area (Å²) in [5.41, 5.74) is 1.05. The lowest BCUT2D eigenvalue weighted by Gasteiger charge is -2.05. The molecule has 0 aromatic carbocycles. The van der Waals surface area contributed by atoms with Gasteiger partial charge in [-0.1, -0.05) is 13.0 Å². The fraction of sp³-hybridized carbons (Fsp3) is 0.364. The fourth-order valence-electron chi connectivity index (χ4n) is 1.40. The van der Waals surface area contributed by atoms with Gasteiger partial charge >= 0.3 is 0 Å². The molecule has 0 amide bonds. The van der Waals surface area contributed by atoms with Gasteiger partial charge in [0.1, 0.15) is 6.61 Å². The van der Waals surface area contributed by atoms with Crippen molar-refractivity contribution in [3.05, 3.63) is 42.0 Å². The van der Waals surface area contributed by atoms with E-state index in [4.69, 9.17) is 4.74 Å². The number of rotatable bonds is 2. The highest BCUT2D eigenvalue weighted by Gasteiger charge is 2.11. The summed E-state index contributed by atoms with van der Waals surface area (Å²) in [5.74, 6) is 1.01. The van der Waals surface area contributed by atoms with Crippen molar-refractivity contribution in [2.24, 2.45) is 0 Å². The van der Waals surface area contributed by atoms with Gasteiger partial charge in [0.2, 0.25) is 5.88 Å². The Balaban J connectivity index is 2.08. The third-order valence-corrected chi connectivity index (χ3v) is 2.16. The number of hydrogen-bond acceptors (Lipinski definition) is 2. The molecule has 2 heterocycles. The summed E-state index contributed by atoms with van der Waals surface area (Å²) in [6, 6.07) is 5.92. The van der Waals surface area contributed by atoms with E-state index < -0.39 is 0 Å². The summed E-state index contributed by atoms with van der Waals surface area (Å²) in [6.45, 7) is 3.58. The van der Waals surface area contributed by atoms with Crippen molar-refractivity contribution in [2.75, 3.05) is 13.2 Å². The minimum atomic E-state index is 0.257. The standard InChI is InChI=1S/C11H13N2O/c1-9(8-11-13-6-7-14-11)10-4-2-3-5-12-10/h2-5,8-9H,6-7H2,1H3/t9-/m1/s1. The predicted octanol–water partition coefficient (Wildman–Crippen LogP) is 1.66. The van der Waals surface area contributed by atoms with Crippen LogP contribution in [0.15, 0.2) is 36.4 Å². The van der Waals surface area contributed by atoms with Crippen LogP contribution in [0.2, 0.25) is 0 Å². The van der Waals surface area contributed by atoms with Crippen molar-refractivity contribution in [3.63, 3.8) is 0 Å². The van der Waals surface area contributed by atoms with Crippen molar-refractivity contribution in [3.8, 4) is 0 Å². The molecule has 3 heteroatoms. The molecule has 0 aliphatic carbocycles. The molecule has 0 N–H and O–H groups in total. The first-order valence-electron chi connectivity index (χ1n) is 4.79. The number of aromatic nitrogens is 1. The molecule has 1 aliphatic rings. The number of ether oxygens (including phenoxy) is 1. The first-order valence-corrected chi connectivity index (χ1v) is 4.79. The largest absolute Gasteiger partial charge is 0.476 e. The van der Waals surface area contributed by atoms with Gasteiger partial charge in [0.15, 0.2) is 0 Å². The van der Waals surface area contributed by atoms with Gasteiger partial charge in [-0.15, -0.1) is 0 Å². The Hall–Kier alpha value is -1.51. The molecule has 0 saturated carbocycles. The van der Waals surface area contributed by atoms with E-state index in [1.807, 2.05) is 24.3 Å². The molecular formula is C11H13N2O. The number of allylic oxidation sites excluding steroid dienone is 1. The number of nitrogens with zero attached hydrogens (tertiary/aromatic N) is 2. The second kappa shape index (κ2) is 4.13. The van der Waals surface area contributed by atoms with Crippen LogP contribution in [0, 0.1) is 0 Å². The monoisotopic (exact) mass is 189 g/mol. The zero-order chi connectivity index (χ0) is 9.80. The van der Waals surface area contributed by atoms with Crippen LogP contribution in [0.1, 0.15) is 18.5 Å². The molecule has 3 nitrogen and oxygen atoms in total. The van der Waals surface area contributed by atoms with Crippen LogP contribution >= 0.6 is 0 Å². The minimum absolute atomic E-state index is 0.257. The Morgan fingerprint density at radius 2 is 2.43 bits per heavy atom. The molecule has 1 aliphatic heterocycles. The van der Waals surface area contributed by atoms with Gasteiger partial charge < -0.3 is 4.74 Å². The summed E-state index contributed by atoms with van der Waals surface area (Å²) in [6.07, 6.45) is 3.81. The molecule has 1 saturated heterocycles. The number of pyridine rings is 1. The summed E-state index contributed by atoms with van der Waals surface area (Å²) in [4.78, 5) is 4.28. The zero-order valence-electron chi connectivity index (χ0n) is 8.18. The van der Waals surface area contributed by atoms with E-state index in [0.717, 1.165) is 18.1 Å². The topological polar surface area (TPSA) is 36.2 Å². The first-order chi connectivity index (χ1) is 6.86. The normalized spacial score (nSPS) is 20.2. The lowest BCUT2D eigenvalue weighted by atomic mass is 10.1. The molecule has 0 bridgehead atoms. The lowest BCUT2D eigenvalue weighted by molar-refractivity contribution is 0.263. The van der Waals surface area contributed by atoms with E-state index in [0.29, 0.717) is 6.61 Å². The van der Waals surface area contributed by atoms with E-state index >= 15 is 0 Å². The molecule has 14 heavy (non-hydrogen) atoms. The van der Waals surface area contributed by atoms with Crippen molar-refractivity contribution in [1.29, 1.82) is 0 Å². The van der Waals surface area contributed by atoms with Crippen LogP contribution in [-0.2, 0) is 4.74 Å². The third-order valence-electron chi connectivity index (χ3n) is 2.16. The van der Waals surface area contributed by atoms with Crippen molar-refractivity contribution in [2.45, 2.75) is 12.8 Å². The summed E-state index contributed by atoms with van der Waals surface area (Å²) < 4.78 is 5.31. The van der Waals surface area contributed by atoms with Crippen LogP contribution in [0.5, 0.6) is 0 Å². The van der Waals surface area contributed by atoms with Crippen LogP contribution in [0.4, 0.5) is 0 Å². The van der Waals surface area contributed by atoms with E-state index in [2.05, 4.69) is 17.2 Å². The quantitative estimate of drug-likeness (QED) is 0.709. The van der Waals surface area contributed by atoms with Crippen LogP contribution in [0.3, 0.4) is 0 Å². The molecule has 73 valence electrons. The minimum Gasteiger partial charge on any atom is -0.476 e. The van der Waals surface area contributed by atoms with Crippen LogP contribution in [0.25, 0.3) is 0 Å². The molecule has 1 aromatic heterocycles. The molecule has 2 rings (SSSR count). The Labute approximate surface area is 83.8 Å².